The number of piperidine rings is 1. The second-order valence-electron chi connectivity index (χ2n) is 16.8. The van der Waals surface area contributed by atoms with E-state index in [0.717, 1.165) is 12.5 Å². The van der Waals surface area contributed by atoms with Gasteiger partial charge in [0.2, 0.25) is 11.4 Å². The molecule has 0 aromatic heterocycles. The van der Waals surface area contributed by atoms with E-state index in [2.05, 4.69) is 6.92 Å². The molecule has 4 N–H and O–H groups in total. The van der Waals surface area contributed by atoms with Crippen molar-refractivity contribution in [2.24, 2.45) is 23.7 Å². The number of aliphatic hydroxyl groups is 4. The molecule has 13 nitrogen and oxygen atoms in total. The van der Waals surface area contributed by atoms with Crippen molar-refractivity contribution in [3.05, 3.63) is 23.3 Å². The van der Waals surface area contributed by atoms with Crippen LogP contribution in [0.1, 0.15) is 112 Å². The number of hydrogen-bond acceptors (Lipinski definition) is 12. The van der Waals surface area contributed by atoms with E-state index < -0.39 is 76.9 Å². The number of carbonyl (C=O) groups is 4. The Kier molecular flexibility index (Phi) is 14.9. The first-order valence-corrected chi connectivity index (χ1v) is 19.7. The van der Waals surface area contributed by atoms with Crippen molar-refractivity contribution in [1.82, 2.24) is 4.90 Å². The van der Waals surface area contributed by atoms with E-state index in [1.165, 1.54) is 18.9 Å². The summed E-state index contributed by atoms with van der Waals surface area (Å²) in [6.45, 7) is 8.48. The van der Waals surface area contributed by atoms with Gasteiger partial charge in [0.05, 0.1) is 30.5 Å². The van der Waals surface area contributed by atoms with Crippen molar-refractivity contribution in [2.75, 3.05) is 27.9 Å². The van der Waals surface area contributed by atoms with E-state index in [-0.39, 0.29) is 49.0 Å². The lowest BCUT2D eigenvalue weighted by molar-refractivity contribution is -0.287. The number of cyclic esters (lactones) is 1. The van der Waals surface area contributed by atoms with Gasteiger partial charge in [-0.25, -0.2) is 4.79 Å². The molecule has 0 aromatic rings. The Hall–Kier alpha value is -2.52. The van der Waals surface area contributed by atoms with Crippen LogP contribution in [0.2, 0.25) is 0 Å². The molecule has 2 saturated heterocycles. The molecule has 4 rings (SSSR count). The number of fused-ring (bicyclic) bond motifs is 1. The number of esters is 1. The smallest absolute Gasteiger partial charge is 0.342 e. The van der Waals surface area contributed by atoms with Gasteiger partial charge in [0.15, 0.2) is 11.4 Å². The van der Waals surface area contributed by atoms with Crippen molar-refractivity contribution < 1.29 is 58.6 Å². The van der Waals surface area contributed by atoms with Gasteiger partial charge < -0.3 is 44.3 Å². The van der Waals surface area contributed by atoms with Crippen LogP contribution in [0.15, 0.2) is 23.3 Å². The van der Waals surface area contributed by atoms with Crippen molar-refractivity contribution in [3.8, 4) is 0 Å². The Bertz CT molecular complexity index is 1430. The Morgan fingerprint density at radius 2 is 1.59 bits per heavy atom. The van der Waals surface area contributed by atoms with Gasteiger partial charge in [-0.05, 0) is 108 Å². The Balaban J connectivity index is 1.81. The largest absolute Gasteiger partial charge is 0.424 e. The van der Waals surface area contributed by atoms with Crippen LogP contribution >= 0.6 is 0 Å². The summed E-state index contributed by atoms with van der Waals surface area (Å²) in [6.07, 6.45) is 3.63. The van der Waals surface area contributed by atoms with Gasteiger partial charge in [0.1, 0.15) is 11.7 Å². The first-order valence-electron chi connectivity index (χ1n) is 19.7. The van der Waals surface area contributed by atoms with Gasteiger partial charge in [-0.15, -0.1) is 0 Å². The zero-order valence-electron chi connectivity index (χ0n) is 33.5. The van der Waals surface area contributed by atoms with Gasteiger partial charge in [-0.3, -0.25) is 14.4 Å². The lowest BCUT2D eigenvalue weighted by atomic mass is 9.77. The second kappa shape index (κ2) is 18.2. The lowest BCUT2D eigenvalue weighted by Crippen LogP contribution is -2.66. The highest BCUT2D eigenvalue weighted by molar-refractivity contribution is 6.23. The molecule has 4 aliphatic rings. The van der Waals surface area contributed by atoms with Crippen LogP contribution in [0.3, 0.4) is 0 Å². The molecule has 1 aliphatic carbocycles. The van der Waals surface area contributed by atoms with Crippen molar-refractivity contribution in [1.29, 1.82) is 0 Å². The summed E-state index contributed by atoms with van der Waals surface area (Å²) in [5.74, 6) is -7.50. The van der Waals surface area contributed by atoms with E-state index >= 15 is 0 Å². The number of ketones is 2. The molecule has 2 bridgehead atoms. The van der Waals surface area contributed by atoms with E-state index in [1.54, 1.807) is 33.3 Å². The van der Waals surface area contributed by atoms with E-state index in [4.69, 9.17) is 18.9 Å². The number of ether oxygens (including phenoxy) is 4. The van der Waals surface area contributed by atoms with Gasteiger partial charge in [-0.1, -0.05) is 31.6 Å². The third-order valence-corrected chi connectivity index (χ3v) is 12.7. The first kappa shape index (κ1) is 44.2. The number of Topliss-reactive ketones (excluding diaryl/α,β-unsaturated/α-hetero) is 2. The normalized spacial score (nSPS) is 41.5. The predicted molar refractivity (Wildman–Crippen MR) is 199 cm³/mol. The fourth-order valence-electron chi connectivity index (χ4n) is 9.30. The minimum absolute atomic E-state index is 0.0328. The van der Waals surface area contributed by atoms with Crippen molar-refractivity contribution >= 4 is 23.4 Å². The summed E-state index contributed by atoms with van der Waals surface area (Å²) in [4.78, 5) is 58.1. The quantitative estimate of drug-likeness (QED) is 0.181. The number of allylic oxidation sites excluding steroid dienone is 3. The summed E-state index contributed by atoms with van der Waals surface area (Å²) in [6, 6.07) is 0. The number of methoxy groups -OCH3 is 3. The third-order valence-electron chi connectivity index (χ3n) is 12.7. The molecule has 1 saturated carbocycles. The zero-order valence-corrected chi connectivity index (χ0v) is 33.5. The molecule has 0 radical (unpaired) electrons. The fourth-order valence-corrected chi connectivity index (χ4v) is 9.30. The maximum absolute atomic E-state index is 14.7. The second-order valence-corrected chi connectivity index (χ2v) is 16.8. The van der Waals surface area contributed by atoms with Crippen LogP contribution in [0, 0.1) is 23.7 Å². The fraction of sp³-hybridized carbons (Fsp3) is 0.805. The van der Waals surface area contributed by atoms with Crippen LogP contribution in [0.25, 0.3) is 0 Å². The molecule has 54 heavy (non-hydrogen) atoms. The number of amides is 1. The lowest BCUT2D eigenvalue weighted by Gasteiger charge is -2.46. The molecule has 306 valence electrons. The Morgan fingerprint density at radius 1 is 0.926 bits per heavy atom. The average molecular weight is 764 g/mol. The summed E-state index contributed by atoms with van der Waals surface area (Å²) in [7, 11) is 4.71. The highest BCUT2D eigenvalue weighted by atomic mass is 16.7. The van der Waals surface area contributed by atoms with E-state index in [1.807, 2.05) is 6.92 Å². The van der Waals surface area contributed by atoms with Crippen LogP contribution < -0.4 is 0 Å². The highest BCUT2D eigenvalue weighted by Crippen LogP contribution is 2.46. The molecule has 1 spiro atoms. The summed E-state index contributed by atoms with van der Waals surface area (Å²) in [5.41, 5.74) is -3.79. The van der Waals surface area contributed by atoms with Gasteiger partial charge >= 0.3 is 5.97 Å². The molecular formula is C41H65NO12. The van der Waals surface area contributed by atoms with Crippen LogP contribution in [0.5, 0.6) is 0 Å². The van der Waals surface area contributed by atoms with Gasteiger partial charge in [-0.2, -0.15) is 0 Å². The van der Waals surface area contributed by atoms with Crippen LogP contribution in [-0.4, -0.2) is 124 Å². The molecule has 0 aromatic carbocycles. The third kappa shape index (κ3) is 9.03. The first-order chi connectivity index (χ1) is 25.4. The standard InChI is InChI=1S/C41H65NO12/c1-24-11-13-29(43)22-34(45)39(5,49)41(50,27(4)20-28-12-14-32(44)33(21-28)53-8)54-38(48)40-15-9-10-16-42(40)37(47)35(36(40)46)26(3)19-31(52-7)23-30(51-6)18-25(2)17-24/h11,20,25-26,28,30-35,44-45,49-50H,9-10,12-19,21-23H2,1-8H3. The van der Waals surface area contributed by atoms with E-state index in [9.17, 15) is 39.6 Å². The molecule has 12 atom stereocenters. The molecule has 1 amide bonds. The Morgan fingerprint density at radius 3 is 2.24 bits per heavy atom. The van der Waals surface area contributed by atoms with Crippen LogP contribution in [-0.2, 0) is 38.1 Å². The molecule has 3 aliphatic heterocycles. The maximum atomic E-state index is 14.7. The molecule has 13 heteroatoms. The zero-order chi connectivity index (χ0) is 40.2. The molecule has 12 unspecified atom stereocenters. The molecule has 3 fully saturated rings. The Labute approximate surface area is 320 Å². The monoisotopic (exact) mass is 763 g/mol. The van der Waals surface area contributed by atoms with Crippen molar-refractivity contribution in [2.45, 2.75) is 159 Å². The predicted octanol–water partition coefficient (Wildman–Crippen LogP) is 3.57. The number of hydrogen-bond donors (Lipinski definition) is 4. The summed E-state index contributed by atoms with van der Waals surface area (Å²) in [5, 5.41) is 46.5. The summed E-state index contributed by atoms with van der Waals surface area (Å²) < 4.78 is 23.1. The number of aliphatic hydroxyl groups excluding tert-OH is 2. The molecular weight excluding hydrogens is 698 g/mol. The highest BCUT2D eigenvalue weighted by Gasteiger charge is 2.67. The molecule has 3 heterocycles. The van der Waals surface area contributed by atoms with Gasteiger partial charge in [0, 0.05) is 40.7 Å². The topological polar surface area (TPSA) is 189 Å². The number of carbonyl (C=O) groups excluding carboxylic acids is 4. The van der Waals surface area contributed by atoms with Crippen LogP contribution in [0.4, 0.5) is 0 Å². The minimum Gasteiger partial charge on any atom is -0.424 e. The maximum Gasteiger partial charge on any atom is 0.342 e. The van der Waals surface area contributed by atoms with Gasteiger partial charge in [0.25, 0.3) is 5.79 Å². The average Bonchev–Trinajstić information content (AvgIpc) is 3.36. The number of nitrogens with zero attached hydrogens (tertiary/aromatic N) is 1. The minimum atomic E-state index is -2.94. The SMILES string of the molecule is COC1CC(C)CC(C)=CCC(=O)CC(O)C(C)(O)C(O)(C(C)=CC2CCC(O)C(OC)C2)OC(=O)C23CCCCN2C(=O)C(C3=O)C(C)CC(OC)C1. The number of rotatable bonds is 5. The van der Waals surface area contributed by atoms with E-state index in [0.29, 0.717) is 57.8 Å². The van der Waals surface area contributed by atoms with Crippen molar-refractivity contribution in [3.63, 3.8) is 0 Å². The summed E-state index contributed by atoms with van der Waals surface area (Å²) >= 11 is 0.